The van der Waals surface area contributed by atoms with Crippen molar-refractivity contribution in [2.45, 2.75) is 33.5 Å². The number of aromatic nitrogens is 1. The van der Waals surface area contributed by atoms with Crippen LogP contribution in [-0.2, 0) is 19.6 Å². The molecule has 3 aromatic carbocycles. The van der Waals surface area contributed by atoms with E-state index < -0.39 is 5.97 Å². The minimum Gasteiger partial charge on any atom is -0.494 e. The third kappa shape index (κ3) is 4.53. The van der Waals surface area contributed by atoms with Gasteiger partial charge in [0.15, 0.2) is 0 Å². The van der Waals surface area contributed by atoms with Gasteiger partial charge in [0.2, 0.25) is 0 Å². The van der Waals surface area contributed by atoms with Gasteiger partial charge in [-0.15, -0.1) is 0 Å². The molecule has 1 aromatic heterocycles. The lowest BCUT2D eigenvalue weighted by Gasteiger charge is -2.12. The van der Waals surface area contributed by atoms with Crippen LogP contribution in [0.1, 0.15) is 39.7 Å². The van der Waals surface area contributed by atoms with Crippen LogP contribution >= 0.6 is 0 Å². The predicted octanol–water partition coefficient (Wildman–Crippen LogP) is 5.38. The van der Waals surface area contributed by atoms with Gasteiger partial charge < -0.3 is 19.7 Å². The molecule has 32 heavy (non-hydrogen) atoms. The second-order valence-electron chi connectivity index (χ2n) is 7.87. The van der Waals surface area contributed by atoms with Crippen molar-refractivity contribution in [2.75, 3.05) is 6.61 Å². The van der Waals surface area contributed by atoms with Crippen molar-refractivity contribution in [3.63, 3.8) is 0 Å². The van der Waals surface area contributed by atoms with Gasteiger partial charge in [0.1, 0.15) is 11.4 Å². The quantitative estimate of drug-likeness (QED) is 0.375. The highest BCUT2D eigenvalue weighted by molar-refractivity contribution is 5.98. The van der Waals surface area contributed by atoms with Gasteiger partial charge in [-0.2, -0.15) is 0 Å². The average molecular weight is 429 g/mol. The van der Waals surface area contributed by atoms with Crippen LogP contribution in [0.5, 0.6) is 5.75 Å². The number of carbonyl (C=O) groups is 1. The number of nitrogens with zero attached hydrogens (tertiary/aromatic N) is 1. The summed E-state index contributed by atoms with van der Waals surface area (Å²) >= 11 is 0. The van der Waals surface area contributed by atoms with Crippen LogP contribution in [0.2, 0.25) is 0 Å². The highest BCUT2D eigenvalue weighted by atomic mass is 16.5. The zero-order valence-electron chi connectivity index (χ0n) is 18.5. The van der Waals surface area contributed by atoms with Crippen LogP contribution in [0.3, 0.4) is 0 Å². The summed E-state index contributed by atoms with van der Waals surface area (Å²) < 4.78 is 7.64. The molecule has 1 heterocycles. The summed E-state index contributed by atoms with van der Waals surface area (Å²) in [4.78, 5) is 12.4. The number of rotatable bonds is 9. The molecule has 0 aliphatic carbocycles. The number of hydrogen-bond acceptors (Lipinski definition) is 3. The molecule has 5 nitrogen and oxygen atoms in total. The summed E-state index contributed by atoms with van der Waals surface area (Å²) in [5.74, 6) is -0.0654. The maximum Gasteiger partial charge on any atom is 0.352 e. The summed E-state index contributed by atoms with van der Waals surface area (Å²) in [6.45, 7) is 6.15. The normalized spacial score (nSPS) is 11.1. The Kier molecular flexibility index (Phi) is 6.57. The molecule has 4 aromatic rings. The molecule has 5 heteroatoms. The Bertz CT molecular complexity index is 1230. The highest BCUT2D eigenvalue weighted by Gasteiger charge is 2.22. The number of ether oxygens (including phenoxy) is 1. The van der Waals surface area contributed by atoms with Crippen LogP contribution in [0, 0.1) is 6.92 Å². The molecule has 0 unspecified atom stereocenters. The first-order valence-electron chi connectivity index (χ1n) is 10.9. The number of carboxylic acids is 1. The van der Waals surface area contributed by atoms with Gasteiger partial charge in [0, 0.05) is 41.7 Å². The van der Waals surface area contributed by atoms with Gasteiger partial charge in [0.25, 0.3) is 0 Å². The molecule has 0 saturated carbocycles. The van der Waals surface area contributed by atoms with Crippen LogP contribution < -0.4 is 10.1 Å². The third-order valence-electron chi connectivity index (χ3n) is 5.60. The molecular weight excluding hydrogens is 400 g/mol. The van der Waals surface area contributed by atoms with E-state index >= 15 is 0 Å². The number of carboxylic acid groups (broad SMARTS) is 1. The lowest BCUT2D eigenvalue weighted by molar-refractivity contribution is 0.0684. The minimum atomic E-state index is -0.915. The Morgan fingerprint density at radius 3 is 2.50 bits per heavy atom. The first-order valence-corrected chi connectivity index (χ1v) is 10.9. The lowest BCUT2D eigenvalue weighted by Crippen LogP contribution is -2.17. The van der Waals surface area contributed by atoms with Gasteiger partial charge in [-0.3, -0.25) is 0 Å². The molecule has 0 amide bonds. The van der Waals surface area contributed by atoms with Gasteiger partial charge in [-0.05, 0) is 37.1 Å². The molecule has 164 valence electrons. The number of aryl methyl sites for hydroxylation is 1. The molecule has 0 bridgehead atoms. The zero-order valence-corrected chi connectivity index (χ0v) is 18.5. The lowest BCUT2D eigenvalue weighted by atomic mass is 10.1. The van der Waals surface area contributed by atoms with E-state index in [4.69, 9.17) is 4.74 Å². The van der Waals surface area contributed by atoms with Crippen LogP contribution in [0.4, 0.5) is 0 Å². The Labute approximate surface area is 188 Å². The van der Waals surface area contributed by atoms with Crippen LogP contribution in [-0.4, -0.2) is 22.2 Å². The van der Waals surface area contributed by atoms with Crippen molar-refractivity contribution in [2.24, 2.45) is 0 Å². The maximum absolute atomic E-state index is 12.4. The van der Waals surface area contributed by atoms with E-state index in [0.717, 1.165) is 38.9 Å². The summed E-state index contributed by atoms with van der Waals surface area (Å²) in [6.07, 6.45) is 0. The van der Waals surface area contributed by atoms with E-state index in [1.165, 1.54) is 0 Å². The Morgan fingerprint density at radius 1 is 1.00 bits per heavy atom. The predicted molar refractivity (Wildman–Crippen MR) is 127 cm³/mol. The second-order valence-corrected chi connectivity index (χ2v) is 7.87. The Balaban J connectivity index is 1.69. The Morgan fingerprint density at radius 2 is 1.75 bits per heavy atom. The second kappa shape index (κ2) is 9.71. The van der Waals surface area contributed by atoms with E-state index in [0.29, 0.717) is 31.9 Å². The van der Waals surface area contributed by atoms with Crippen molar-refractivity contribution in [3.05, 3.63) is 101 Å². The first-order chi connectivity index (χ1) is 15.6. The van der Waals surface area contributed by atoms with Gasteiger partial charge >= 0.3 is 5.97 Å². The van der Waals surface area contributed by atoms with Crippen LogP contribution in [0.25, 0.3) is 10.9 Å². The highest BCUT2D eigenvalue weighted by Crippen LogP contribution is 2.29. The van der Waals surface area contributed by atoms with E-state index in [2.05, 4.69) is 11.4 Å². The van der Waals surface area contributed by atoms with Crippen molar-refractivity contribution in [1.29, 1.82) is 0 Å². The molecule has 0 fully saturated rings. The number of hydrogen-bond donors (Lipinski definition) is 2. The molecule has 0 aliphatic heterocycles. The summed E-state index contributed by atoms with van der Waals surface area (Å²) in [5, 5.41) is 14.6. The standard InChI is InChI=1S/C27H28N2O3/c1-3-32-25-12-8-7-11-21(25)16-28-17-23-22-14-13-19(2)15-24(22)29(26(23)27(30)31)18-20-9-5-4-6-10-20/h4-15,28H,3,16-18H2,1-2H3,(H,30,31). The molecule has 0 saturated heterocycles. The molecule has 0 spiro atoms. The SMILES string of the molecule is CCOc1ccccc1CNCc1c(C(=O)O)n(Cc2ccccc2)c2cc(C)ccc12. The van der Waals surface area contributed by atoms with Crippen LogP contribution in [0.15, 0.2) is 72.8 Å². The van der Waals surface area contributed by atoms with Crippen molar-refractivity contribution in [3.8, 4) is 5.75 Å². The van der Waals surface area contributed by atoms with Gasteiger partial charge in [-0.1, -0.05) is 60.7 Å². The van der Waals surface area contributed by atoms with Crippen molar-refractivity contribution in [1.82, 2.24) is 9.88 Å². The Hall–Kier alpha value is -3.57. The summed E-state index contributed by atoms with van der Waals surface area (Å²) in [6, 6.07) is 24.0. The number of benzene rings is 3. The minimum absolute atomic E-state index is 0.333. The van der Waals surface area contributed by atoms with Crippen molar-refractivity contribution >= 4 is 16.9 Å². The van der Waals surface area contributed by atoms with E-state index in [1.54, 1.807) is 0 Å². The smallest absolute Gasteiger partial charge is 0.352 e. The molecule has 0 atom stereocenters. The third-order valence-corrected chi connectivity index (χ3v) is 5.60. The molecule has 4 rings (SSSR count). The van der Waals surface area contributed by atoms with E-state index in [9.17, 15) is 9.90 Å². The van der Waals surface area contributed by atoms with E-state index in [1.807, 2.05) is 85.1 Å². The topological polar surface area (TPSA) is 63.5 Å². The number of nitrogens with one attached hydrogen (secondary N) is 1. The molecular formula is C27H28N2O3. The molecule has 0 aliphatic rings. The monoisotopic (exact) mass is 428 g/mol. The fourth-order valence-corrected chi connectivity index (χ4v) is 4.15. The number of para-hydroxylation sites is 1. The number of aromatic carboxylic acids is 1. The summed E-state index contributed by atoms with van der Waals surface area (Å²) in [5.41, 5.74) is 5.30. The fourth-order valence-electron chi connectivity index (χ4n) is 4.15. The molecule has 0 radical (unpaired) electrons. The maximum atomic E-state index is 12.4. The fraction of sp³-hybridized carbons (Fsp3) is 0.222. The zero-order chi connectivity index (χ0) is 22.5. The molecule has 2 N–H and O–H groups in total. The van der Waals surface area contributed by atoms with E-state index in [-0.39, 0.29) is 0 Å². The largest absolute Gasteiger partial charge is 0.494 e. The number of fused-ring (bicyclic) bond motifs is 1. The average Bonchev–Trinajstić information content (AvgIpc) is 3.08. The summed E-state index contributed by atoms with van der Waals surface area (Å²) in [7, 11) is 0. The van der Waals surface area contributed by atoms with Gasteiger partial charge in [-0.25, -0.2) is 4.79 Å². The van der Waals surface area contributed by atoms with Crippen molar-refractivity contribution < 1.29 is 14.6 Å². The first kappa shape index (κ1) is 21.7. The van der Waals surface area contributed by atoms with Gasteiger partial charge in [0.05, 0.1) is 6.61 Å².